The Hall–Kier alpha value is -2.24. The van der Waals surface area contributed by atoms with Gasteiger partial charge in [0.2, 0.25) is 0 Å². The van der Waals surface area contributed by atoms with Crippen molar-refractivity contribution in [2.75, 3.05) is 0 Å². The van der Waals surface area contributed by atoms with Crippen LogP contribution in [0.1, 0.15) is 45.2 Å². The maximum Gasteiger partial charge on any atom is 0.343 e. The Morgan fingerprint density at radius 2 is 1.80 bits per heavy atom. The Labute approximate surface area is 116 Å². The second kappa shape index (κ2) is 5.03. The highest BCUT2D eigenvalue weighted by atomic mass is 16.3. The number of phenols is 2. The quantitative estimate of drug-likeness (QED) is 0.803. The van der Waals surface area contributed by atoms with Crippen molar-refractivity contribution in [1.82, 2.24) is 14.8 Å². The van der Waals surface area contributed by atoms with Gasteiger partial charge in [-0.25, -0.2) is 9.89 Å². The minimum absolute atomic E-state index is 0.0372. The second-order valence-electron chi connectivity index (χ2n) is 5.40. The standard InChI is InChI=1S/C14H19N3O3/c1-7(2)9-5-10(12(19)6-11(9)18)13-15-16-14(20)17(13)8(3)4/h5-8,18-19H,1-4H3,(H,16,20). The summed E-state index contributed by atoms with van der Waals surface area (Å²) in [7, 11) is 0. The van der Waals surface area contributed by atoms with Crippen molar-refractivity contribution >= 4 is 0 Å². The Bertz CT molecular complexity index is 683. The number of aromatic hydroxyl groups is 2. The summed E-state index contributed by atoms with van der Waals surface area (Å²) in [5, 5.41) is 26.3. The van der Waals surface area contributed by atoms with Crippen molar-refractivity contribution in [2.24, 2.45) is 0 Å². The molecule has 108 valence electrons. The van der Waals surface area contributed by atoms with E-state index in [9.17, 15) is 15.0 Å². The van der Waals surface area contributed by atoms with Crippen LogP contribution in [0, 0.1) is 0 Å². The molecular weight excluding hydrogens is 258 g/mol. The van der Waals surface area contributed by atoms with Gasteiger partial charge in [0.1, 0.15) is 11.5 Å². The molecule has 1 heterocycles. The summed E-state index contributed by atoms with van der Waals surface area (Å²) in [5.41, 5.74) is 0.802. The van der Waals surface area contributed by atoms with Crippen LogP contribution in [-0.2, 0) is 0 Å². The van der Waals surface area contributed by atoms with Crippen LogP contribution in [0.4, 0.5) is 0 Å². The van der Waals surface area contributed by atoms with Gasteiger partial charge in [-0.2, -0.15) is 5.10 Å². The van der Waals surface area contributed by atoms with E-state index in [-0.39, 0.29) is 29.1 Å². The Morgan fingerprint density at radius 1 is 1.15 bits per heavy atom. The van der Waals surface area contributed by atoms with Crippen LogP contribution in [0.2, 0.25) is 0 Å². The van der Waals surface area contributed by atoms with Gasteiger partial charge < -0.3 is 10.2 Å². The van der Waals surface area contributed by atoms with Crippen LogP contribution in [0.5, 0.6) is 11.5 Å². The molecule has 0 aliphatic rings. The maximum atomic E-state index is 11.8. The molecule has 0 radical (unpaired) electrons. The molecule has 1 aromatic heterocycles. The van der Waals surface area contributed by atoms with Crippen molar-refractivity contribution < 1.29 is 10.2 Å². The molecule has 2 aromatic rings. The second-order valence-corrected chi connectivity index (χ2v) is 5.40. The zero-order valence-electron chi connectivity index (χ0n) is 12.0. The number of phenolic OH excluding ortho intramolecular Hbond substituents is 2. The van der Waals surface area contributed by atoms with Crippen LogP contribution in [0.15, 0.2) is 16.9 Å². The molecule has 2 rings (SSSR count). The van der Waals surface area contributed by atoms with E-state index in [0.29, 0.717) is 17.0 Å². The van der Waals surface area contributed by atoms with Crippen molar-refractivity contribution in [3.05, 3.63) is 28.2 Å². The molecule has 20 heavy (non-hydrogen) atoms. The molecule has 0 aliphatic carbocycles. The first-order valence-corrected chi connectivity index (χ1v) is 6.56. The zero-order valence-corrected chi connectivity index (χ0v) is 12.0. The molecular formula is C14H19N3O3. The third kappa shape index (κ3) is 2.29. The summed E-state index contributed by atoms with van der Waals surface area (Å²) in [5.74, 6) is 0.389. The molecule has 0 saturated carbocycles. The molecule has 0 unspecified atom stereocenters. The lowest BCUT2D eigenvalue weighted by Crippen LogP contribution is -2.19. The lowest BCUT2D eigenvalue weighted by molar-refractivity contribution is 0.444. The number of nitrogens with one attached hydrogen (secondary N) is 1. The predicted molar refractivity (Wildman–Crippen MR) is 76.1 cm³/mol. The molecule has 0 amide bonds. The van der Waals surface area contributed by atoms with Gasteiger partial charge in [0.25, 0.3) is 0 Å². The average Bonchev–Trinajstić information content (AvgIpc) is 2.70. The van der Waals surface area contributed by atoms with Gasteiger partial charge in [0, 0.05) is 12.1 Å². The first-order chi connectivity index (χ1) is 9.32. The van der Waals surface area contributed by atoms with E-state index < -0.39 is 0 Å². The SMILES string of the molecule is CC(C)c1cc(-c2n[nH]c(=O)n2C(C)C)c(O)cc1O. The topological polar surface area (TPSA) is 91.1 Å². The van der Waals surface area contributed by atoms with E-state index in [1.807, 2.05) is 27.7 Å². The van der Waals surface area contributed by atoms with Gasteiger partial charge in [-0.15, -0.1) is 0 Å². The lowest BCUT2D eigenvalue weighted by Gasteiger charge is -2.14. The molecule has 0 fully saturated rings. The number of rotatable bonds is 3. The fourth-order valence-corrected chi connectivity index (χ4v) is 2.21. The van der Waals surface area contributed by atoms with Crippen molar-refractivity contribution in [3.63, 3.8) is 0 Å². The van der Waals surface area contributed by atoms with Crippen LogP contribution in [0.3, 0.4) is 0 Å². The summed E-state index contributed by atoms with van der Waals surface area (Å²) in [6.45, 7) is 7.61. The van der Waals surface area contributed by atoms with Crippen LogP contribution in [0.25, 0.3) is 11.4 Å². The van der Waals surface area contributed by atoms with Crippen molar-refractivity contribution in [2.45, 2.75) is 39.7 Å². The Balaban J connectivity index is 2.70. The molecule has 3 N–H and O–H groups in total. The molecule has 0 aliphatic heterocycles. The number of nitrogens with zero attached hydrogens (tertiary/aromatic N) is 2. The molecule has 0 bridgehead atoms. The maximum absolute atomic E-state index is 11.8. The molecule has 6 heteroatoms. The highest BCUT2D eigenvalue weighted by molar-refractivity contribution is 5.67. The van der Waals surface area contributed by atoms with Gasteiger partial charge in [-0.3, -0.25) is 4.57 Å². The molecule has 0 spiro atoms. The van der Waals surface area contributed by atoms with Gasteiger partial charge >= 0.3 is 5.69 Å². The van der Waals surface area contributed by atoms with Crippen LogP contribution >= 0.6 is 0 Å². The summed E-state index contributed by atoms with van der Waals surface area (Å²) in [6.07, 6.45) is 0. The molecule has 1 aromatic carbocycles. The summed E-state index contributed by atoms with van der Waals surface area (Å²) < 4.78 is 1.47. The smallest absolute Gasteiger partial charge is 0.343 e. The largest absolute Gasteiger partial charge is 0.508 e. The summed E-state index contributed by atoms with van der Waals surface area (Å²) in [6, 6.07) is 2.87. The van der Waals surface area contributed by atoms with E-state index in [0.717, 1.165) is 0 Å². The van der Waals surface area contributed by atoms with E-state index in [1.165, 1.54) is 10.6 Å². The monoisotopic (exact) mass is 277 g/mol. The zero-order chi connectivity index (χ0) is 15.0. The number of H-pyrrole nitrogens is 1. The van der Waals surface area contributed by atoms with Gasteiger partial charge in [-0.05, 0) is 31.4 Å². The highest BCUT2D eigenvalue weighted by Crippen LogP contribution is 2.37. The number of benzene rings is 1. The van der Waals surface area contributed by atoms with E-state index in [2.05, 4.69) is 10.2 Å². The normalized spacial score (nSPS) is 11.5. The Morgan fingerprint density at radius 3 is 2.35 bits per heavy atom. The highest BCUT2D eigenvalue weighted by Gasteiger charge is 2.19. The van der Waals surface area contributed by atoms with E-state index >= 15 is 0 Å². The number of aromatic amines is 1. The first kappa shape index (κ1) is 14.2. The third-order valence-corrected chi connectivity index (χ3v) is 3.23. The third-order valence-electron chi connectivity index (χ3n) is 3.23. The van der Waals surface area contributed by atoms with Crippen molar-refractivity contribution in [3.8, 4) is 22.9 Å². The minimum atomic E-state index is -0.325. The number of aromatic nitrogens is 3. The minimum Gasteiger partial charge on any atom is -0.508 e. The van der Waals surface area contributed by atoms with Gasteiger partial charge in [-0.1, -0.05) is 13.8 Å². The first-order valence-electron chi connectivity index (χ1n) is 6.56. The summed E-state index contributed by atoms with van der Waals surface area (Å²) >= 11 is 0. The number of hydrogen-bond acceptors (Lipinski definition) is 4. The van der Waals surface area contributed by atoms with Crippen molar-refractivity contribution in [1.29, 1.82) is 0 Å². The molecule has 0 atom stereocenters. The molecule has 0 saturated heterocycles. The molecule has 6 nitrogen and oxygen atoms in total. The van der Waals surface area contributed by atoms with Gasteiger partial charge in [0.15, 0.2) is 5.82 Å². The van der Waals surface area contributed by atoms with E-state index in [4.69, 9.17) is 0 Å². The average molecular weight is 277 g/mol. The Kier molecular flexibility index (Phi) is 3.57. The van der Waals surface area contributed by atoms with Gasteiger partial charge in [0.05, 0.1) is 5.56 Å². The fraction of sp³-hybridized carbons (Fsp3) is 0.429. The number of hydrogen-bond donors (Lipinski definition) is 3. The summed E-state index contributed by atoms with van der Waals surface area (Å²) in [4.78, 5) is 11.8. The lowest BCUT2D eigenvalue weighted by atomic mass is 9.98. The van der Waals surface area contributed by atoms with E-state index in [1.54, 1.807) is 6.07 Å². The van der Waals surface area contributed by atoms with Crippen LogP contribution in [-0.4, -0.2) is 25.0 Å². The predicted octanol–water partition coefficient (Wildman–Crippen LogP) is 2.35. The fourth-order valence-electron chi connectivity index (χ4n) is 2.21. The van der Waals surface area contributed by atoms with Crippen LogP contribution < -0.4 is 5.69 Å².